The number of hydrogen-bond acceptors (Lipinski definition) is 2. The number of nitrogens with zero attached hydrogens (tertiary/aromatic N) is 2. The van der Waals surface area contributed by atoms with E-state index in [4.69, 9.17) is 34.8 Å². The summed E-state index contributed by atoms with van der Waals surface area (Å²) in [4.78, 5) is 13.2. The lowest BCUT2D eigenvalue weighted by Crippen LogP contribution is -2.15. The van der Waals surface area contributed by atoms with E-state index in [1.165, 1.54) is 0 Å². The molecule has 1 aromatic heterocycles. The van der Waals surface area contributed by atoms with E-state index in [2.05, 4.69) is 10.4 Å². The van der Waals surface area contributed by atoms with E-state index in [0.717, 1.165) is 16.7 Å². The van der Waals surface area contributed by atoms with Crippen LogP contribution in [0.1, 0.15) is 16.7 Å². The van der Waals surface area contributed by atoms with Gasteiger partial charge in [-0.3, -0.25) is 9.48 Å². The Morgan fingerprint density at radius 2 is 1.47 bits per heavy atom. The molecule has 0 unspecified atom stereocenters. The Morgan fingerprint density at radius 3 is 2.12 bits per heavy atom. The Balaban J connectivity index is 1.61. The van der Waals surface area contributed by atoms with Crippen LogP contribution in [0.4, 0.5) is 5.82 Å². The summed E-state index contributed by atoms with van der Waals surface area (Å²) in [6.07, 6.45) is 3.46. The van der Waals surface area contributed by atoms with Crippen molar-refractivity contribution in [1.82, 2.24) is 9.78 Å². The highest BCUT2D eigenvalue weighted by molar-refractivity contribution is 6.36. The molecular formula is C25H18Cl3N3O. The van der Waals surface area contributed by atoms with E-state index in [0.29, 0.717) is 27.2 Å². The lowest BCUT2D eigenvalue weighted by Gasteiger charge is -2.09. The zero-order chi connectivity index (χ0) is 22.5. The summed E-state index contributed by atoms with van der Waals surface area (Å²) < 4.78 is 1.59. The Hall–Kier alpha value is -3.05. The minimum atomic E-state index is -0.317. The molecule has 0 saturated carbocycles. The monoisotopic (exact) mass is 481 g/mol. The van der Waals surface area contributed by atoms with Gasteiger partial charge in [0.2, 0.25) is 0 Å². The molecular weight excluding hydrogens is 465 g/mol. The fourth-order valence-electron chi connectivity index (χ4n) is 3.20. The smallest absolute Gasteiger partial charge is 0.257 e. The molecule has 0 radical (unpaired) electrons. The van der Waals surface area contributed by atoms with E-state index in [9.17, 15) is 4.79 Å². The maximum atomic E-state index is 13.2. The molecule has 4 aromatic rings. The second kappa shape index (κ2) is 10.0. The maximum Gasteiger partial charge on any atom is 0.257 e. The molecule has 4 rings (SSSR count). The van der Waals surface area contributed by atoms with Crippen molar-refractivity contribution in [2.24, 2.45) is 0 Å². The highest BCUT2D eigenvalue weighted by Crippen LogP contribution is 2.28. The first kappa shape index (κ1) is 22.2. The number of hydrogen-bond donors (Lipinski definition) is 1. The van der Waals surface area contributed by atoms with Gasteiger partial charge in [-0.05, 0) is 29.3 Å². The van der Waals surface area contributed by atoms with Gasteiger partial charge in [-0.1, -0.05) is 102 Å². The van der Waals surface area contributed by atoms with Crippen LogP contribution in [0.15, 0.2) is 85.1 Å². The van der Waals surface area contributed by atoms with E-state index in [-0.39, 0.29) is 11.7 Å². The molecule has 4 nitrogen and oxygen atoms in total. The molecule has 0 atom stereocenters. The zero-order valence-corrected chi connectivity index (χ0v) is 19.1. The van der Waals surface area contributed by atoms with Crippen molar-refractivity contribution in [2.45, 2.75) is 6.54 Å². The average Bonchev–Trinajstić information content (AvgIpc) is 3.14. The van der Waals surface area contributed by atoms with Crippen molar-refractivity contribution >= 4 is 58.2 Å². The van der Waals surface area contributed by atoms with Crippen LogP contribution in [0.2, 0.25) is 15.1 Å². The molecule has 0 saturated heterocycles. The van der Waals surface area contributed by atoms with Crippen LogP contribution in [0.5, 0.6) is 0 Å². The highest BCUT2D eigenvalue weighted by Gasteiger charge is 2.17. The molecule has 0 fully saturated rings. The van der Waals surface area contributed by atoms with Gasteiger partial charge in [0, 0.05) is 27.4 Å². The SMILES string of the molecule is O=C(Nc1nn(Cc2c(Cl)cccc2Cl)cc1Cl)/C(=C\c1ccccc1)c1ccccc1. The lowest BCUT2D eigenvalue weighted by molar-refractivity contribution is -0.111. The number of amides is 1. The molecule has 1 N–H and O–H groups in total. The van der Waals surface area contributed by atoms with Gasteiger partial charge < -0.3 is 5.32 Å². The van der Waals surface area contributed by atoms with Gasteiger partial charge in [-0.2, -0.15) is 5.10 Å². The van der Waals surface area contributed by atoms with Crippen LogP contribution in [0.25, 0.3) is 11.6 Å². The van der Waals surface area contributed by atoms with Gasteiger partial charge >= 0.3 is 0 Å². The van der Waals surface area contributed by atoms with Gasteiger partial charge in [0.25, 0.3) is 5.91 Å². The second-order valence-electron chi connectivity index (χ2n) is 7.01. The van der Waals surface area contributed by atoms with Crippen LogP contribution in [-0.4, -0.2) is 15.7 Å². The van der Waals surface area contributed by atoms with Crippen molar-refractivity contribution in [2.75, 3.05) is 5.32 Å². The van der Waals surface area contributed by atoms with Gasteiger partial charge in [-0.25, -0.2) is 0 Å². The molecule has 0 aliphatic carbocycles. The molecule has 3 aromatic carbocycles. The first-order valence-corrected chi connectivity index (χ1v) is 10.9. The zero-order valence-electron chi connectivity index (χ0n) is 16.8. The van der Waals surface area contributed by atoms with E-state index >= 15 is 0 Å². The molecule has 0 bridgehead atoms. The van der Waals surface area contributed by atoms with Crippen LogP contribution >= 0.6 is 34.8 Å². The van der Waals surface area contributed by atoms with Crippen LogP contribution in [0.3, 0.4) is 0 Å². The van der Waals surface area contributed by atoms with Gasteiger partial charge in [0.1, 0.15) is 5.02 Å². The van der Waals surface area contributed by atoms with Crippen LogP contribution in [-0.2, 0) is 11.3 Å². The van der Waals surface area contributed by atoms with Crippen molar-refractivity contribution in [3.63, 3.8) is 0 Å². The molecule has 0 spiro atoms. The number of rotatable bonds is 6. The van der Waals surface area contributed by atoms with Crippen molar-refractivity contribution in [3.05, 3.63) is 117 Å². The first-order valence-electron chi connectivity index (χ1n) is 9.80. The summed E-state index contributed by atoms with van der Waals surface area (Å²) in [7, 11) is 0. The number of halogens is 3. The highest BCUT2D eigenvalue weighted by atomic mass is 35.5. The molecule has 160 valence electrons. The number of carbonyl (C=O) groups is 1. The molecule has 32 heavy (non-hydrogen) atoms. The Labute approximate surface area is 201 Å². The van der Waals surface area contributed by atoms with Crippen LogP contribution in [0, 0.1) is 0 Å². The standard InChI is InChI=1S/C25H18Cl3N3O/c26-21-12-7-13-22(27)20(21)15-31-16-23(28)24(30-31)29-25(32)19(18-10-5-2-6-11-18)14-17-8-3-1-4-9-17/h1-14,16H,15H2,(H,29,30,32)/b19-14-. The summed E-state index contributed by atoms with van der Waals surface area (Å²) in [5, 5.41) is 8.63. The Kier molecular flexibility index (Phi) is 6.96. The quantitative estimate of drug-likeness (QED) is 0.236. The van der Waals surface area contributed by atoms with Crippen molar-refractivity contribution < 1.29 is 4.79 Å². The predicted molar refractivity (Wildman–Crippen MR) is 132 cm³/mol. The van der Waals surface area contributed by atoms with E-state index in [1.807, 2.05) is 66.7 Å². The Morgan fingerprint density at radius 1 is 0.844 bits per heavy atom. The van der Waals surface area contributed by atoms with E-state index in [1.54, 1.807) is 29.1 Å². The summed E-state index contributed by atoms with van der Waals surface area (Å²) >= 11 is 18.9. The summed E-state index contributed by atoms with van der Waals surface area (Å²) in [6.45, 7) is 0.319. The minimum absolute atomic E-state index is 0.259. The molecule has 0 aliphatic heterocycles. The third kappa shape index (κ3) is 5.22. The fraction of sp³-hybridized carbons (Fsp3) is 0.0400. The predicted octanol–water partition coefficient (Wildman–Crippen LogP) is 7.07. The second-order valence-corrected chi connectivity index (χ2v) is 8.23. The average molecular weight is 483 g/mol. The lowest BCUT2D eigenvalue weighted by atomic mass is 10.0. The number of benzene rings is 3. The summed E-state index contributed by atoms with van der Waals surface area (Å²) in [5.74, 6) is -0.0577. The van der Waals surface area contributed by atoms with Crippen molar-refractivity contribution in [1.29, 1.82) is 0 Å². The molecule has 0 aliphatic rings. The third-order valence-electron chi connectivity index (χ3n) is 4.77. The Bertz CT molecular complexity index is 1250. The minimum Gasteiger partial charge on any atom is -0.304 e. The van der Waals surface area contributed by atoms with Crippen molar-refractivity contribution in [3.8, 4) is 0 Å². The van der Waals surface area contributed by atoms with Gasteiger partial charge in [-0.15, -0.1) is 0 Å². The number of aromatic nitrogens is 2. The number of anilines is 1. The third-order valence-corrected chi connectivity index (χ3v) is 5.76. The maximum absolute atomic E-state index is 13.2. The van der Waals surface area contributed by atoms with Gasteiger partial charge in [0.05, 0.1) is 6.54 Å². The molecule has 7 heteroatoms. The largest absolute Gasteiger partial charge is 0.304 e. The number of carbonyl (C=O) groups excluding carboxylic acids is 1. The summed E-state index contributed by atoms with van der Waals surface area (Å²) in [5.41, 5.74) is 2.91. The van der Waals surface area contributed by atoms with Gasteiger partial charge in [0.15, 0.2) is 5.82 Å². The van der Waals surface area contributed by atoms with E-state index < -0.39 is 0 Å². The van der Waals surface area contributed by atoms with Crippen LogP contribution < -0.4 is 5.32 Å². The first-order chi connectivity index (χ1) is 15.5. The fourth-order valence-corrected chi connectivity index (χ4v) is 3.91. The normalized spacial score (nSPS) is 11.4. The topological polar surface area (TPSA) is 46.9 Å². The summed E-state index contributed by atoms with van der Waals surface area (Å²) in [6, 6.07) is 24.4. The number of nitrogens with one attached hydrogen (secondary N) is 1. The molecule has 1 heterocycles. The molecule has 1 amide bonds.